The molecule has 2 fully saturated rings. The highest BCUT2D eigenvalue weighted by atomic mass is 19.2. The minimum Gasteiger partial charge on any atom is -0.378 e. The van der Waals surface area contributed by atoms with E-state index in [4.69, 9.17) is 4.74 Å². The van der Waals surface area contributed by atoms with E-state index in [0.717, 1.165) is 0 Å². The van der Waals surface area contributed by atoms with E-state index >= 15 is 0 Å². The van der Waals surface area contributed by atoms with Crippen LogP contribution in [0.4, 0.5) is 28.4 Å². The number of rotatable bonds is 2. The molecule has 0 unspecified atom stereocenters. The SMILES string of the molecule is O=C(Nc1cc(F)cc(F)c1F)NC1CCN(C(=O)N2CCOCC2)CC1. The first-order valence-corrected chi connectivity index (χ1v) is 8.77. The zero-order chi connectivity index (χ0) is 19.4. The Morgan fingerprint density at radius 2 is 1.63 bits per heavy atom. The summed E-state index contributed by atoms with van der Waals surface area (Å²) in [4.78, 5) is 27.9. The molecule has 1 aromatic rings. The van der Waals surface area contributed by atoms with Gasteiger partial charge in [0.15, 0.2) is 11.6 Å². The monoisotopic (exact) mass is 386 g/mol. The second-order valence-corrected chi connectivity index (χ2v) is 6.49. The number of halogens is 3. The van der Waals surface area contributed by atoms with E-state index < -0.39 is 29.2 Å². The van der Waals surface area contributed by atoms with E-state index in [1.165, 1.54) is 0 Å². The standard InChI is InChI=1S/C17H21F3N4O3/c18-11-9-13(19)15(20)14(10-11)22-16(25)21-12-1-3-23(4-2-12)17(26)24-5-7-27-8-6-24/h9-10,12H,1-8H2,(H2,21,22,25). The number of anilines is 1. The predicted molar refractivity (Wildman–Crippen MR) is 90.9 cm³/mol. The second-order valence-electron chi connectivity index (χ2n) is 6.49. The number of hydrogen-bond donors (Lipinski definition) is 2. The summed E-state index contributed by atoms with van der Waals surface area (Å²) in [6.07, 6.45) is 1.06. The maximum absolute atomic E-state index is 13.6. The summed E-state index contributed by atoms with van der Waals surface area (Å²) in [5.41, 5.74) is -0.565. The van der Waals surface area contributed by atoms with Crippen LogP contribution in [0, 0.1) is 17.5 Å². The number of likely N-dealkylation sites (tertiary alicyclic amines) is 1. The van der Waals surface area contributed by atoms with Crippen LogP contribution in [0.5, 0.6) is 0 Å². The third kappa shape index (κ3) is 4.82. The number of ether oxygens (including phenoxy) is 1. The van der Waals surface area contributed by atoms with Crippen molar-refractivity contribution in [1.29, 1.82) is 0 Å². The van der Waals surface area contributed by atoms with Gasteiger partial charge in [-0.3, -0.25) is 0 Å². The normalized spacial score (nSPS) is 18.3. The summed E-state index contributed by atoms with van der Waals surface area (Å²) >= 11 is 0. The van der Waals surface area contributed by atoms with E-state index in [9.17, 15) is 22.8 Å². The number of hydrogen-bond acceptors (Lipinski definition) is 3. The average molecular weight is 386 g/mol. The molecule has 2 heterocycles. The van der Waals surface area contributed by atoms with Crippen LogP contribution in [-0.2, 0) is 4.74 Å². The van der Waals surface area contributed by atoms with Gasteiger partial charge in [0.1, 0.15) is 5.82 Å². The van der Waals surface area contributed by atoms with E-state index in [0.29, 0.717) is 64.4 Å². The summed E-state index contributed by atoms with van der Waals surface area (Å²) in [5, 5.41) is 4.76. The summed E-state index contributed by atoms with van der Waals surface area (Å²) < 4.78 is 45.2. The minimum absolute atomic E-state index is 0.0430. The Morgan fingerprint density at radius 1 is 1.00 bits per heavy atom. The average Bonchev–Trinajstić information content (AvgIpc) is 2.66. The number of urea groups is 2. The summed E-state index contributed by atoms with van der Waals surface area (Å²) in [6.45, 7) is 3.14. The fourth-order valence-corrected chi connectivity index (χ4v) is 3.16. The predicted octanol–water partition coefficient (Wildman–Crippen LogP) is 2.14. The Hall–Kier alpha value is -2.49. The zero-order valence-electron chi connectivity index (χ0n) is 14.6. The number of nitrogens with zero attached hydrogens (tertiary/aromatic N) is 2. The second kappa shape index (κ2) is 8.47. The molecular formula is C17H21F3N4O3. The summed E-state index contributed by atoms with van der Waals surface area (Å²) in [7, 11) is 0. The van der Waals surface area contributed by atoms with Crippen LogP contribution in [0.2, 0.25) is 0 Å². The molecule has 1 aromatic carbocycles. The van der Waals surface area contributed by atoms with Crippen LogP contribution in [0.3, 0.4) is 0 Å². The highest BCUT2D eigenvalue weighted by Gasteiger charge is 2.28. The maximum atomic E-state index is 13.6. The maximum Gasteiger partial charge on any atom is 0.320 e. The number of amides is 4. The van der Waals surface area contributed by atoms with E-state index in [1.54, 1.807) is 9.80 Å². The van der Waals surface area contributed by atoms with Crippen molar-refractivity contribution in [1.82, 2.24) is 15.1 Å². The molecule has 0 atom stereocenters. The highest BCUT2D eigenvalue weighted by molar-refractivity contribution is 5.89. The fraction of sp³-hybridized carbons (Fsp3) is 0.529. The number of nitrogens with one attached hydrogen (secondary N) is 2. The van der Waals surface area contributed by atoms with Crippen molar-refractivity contribution in [3.63, 3.8) is 0 Å². The number of carbonyl (C=O) groups excluding carboxylic acids is 2. The number of carbonyl (C=O) groups is 2. The first kappa shape index (κ1) is 19.3. The Balaban J connectivity index is 1.47. The molecule has 0 aliphatic carbocycles. The lowest BCUT2D eigenvalue weighted by Crippen LogP contribution is -2.53. The lowest BCUT2D eigenvalue weighted by Gasteiger charge is -2.37. The lowest BCUT2D eigenvalue weighted by molar-refractivity contribution is 0.0409. The van der Waals surface area contributed by atoms with Crippen molar-refractivity contribution in [2.24, 2.45) is 0 Å². The molecule has 0 spiro atoms. The van der Waals surface area contributed by atoms with Crippen molar-refractivity contribution in [3.05, 3.63) is 29.6 Å². The molecule has 2 N–H and O–H groups in total. The zero-order valence-corrected chi connectivity index (χ0v) is 14.6. The van der Waals surface area contributed by atoms with Gasteiger partial charge in [-0.2, -0.15) is 0 Å². The van der Waals surface area contributed by atoms with E-state index in [2.05, 4.69) is 10.6 Å². The van der Waals surface area contributed by atoms with Gasteiger partial charge in [-0.05, 0) is 12.8 Å². The Kier molecular flexibility index (Phi) is 6.04. The van der Waals surface area contributed by atoms with Crippen LogP contribution in [0.15, 0.2) is 12.1 Å². The van der Waals surface area contributed by atoms with Crippen molar-refractivity contribution in [2.45, 2.75) is 18.9 Å². The van der Waals surface area contributed by atoms with Gasteiger partial charge in [0.25, 0.3) is 0 Å². The molecule has 2 aliphatic rings. The Morgan fingerprint density at radius 3 is 2.30 bits per heavy atom. The van der Waals surface area contributed by atoms with Gasteiger partial charge >= 0.3 is 12.1 Å². The molecule has 3 rings (SSSR count). The van der Waals surface area contributed by atoms with Crippen LogP contribution in [0.25, 0.3) is 0 Å². The molecule has 2 aliphatic heterocycles. The number of piperidine rings is 1. The highest BCUT2D eigenvalue weighted by Crippen LogP contribution is 2.19. The van der Waals surface area contributed by atoms with Gasteiger partial charge in [0, 0.05) is 44.4 Å². The van der Waals surface area contributed by atoms with Crippen LogP contribution >= 0.6 is 0 Å². The lowest BCUT2D eigenvalue weighted by atomic mass is 10.1. The minimum atomic E-state index is -1.37. The molecule has 0 radical (unpaired) electrons. The molecule has 4 amide bonds. The van der Waals surface area contributed by atoms with Gasteiger partial charge in [-0.1, -0.05) is 0 Å². The van der Waals surface area contributed by atoms with Gasteiger partial charge in [0.2, 0.25) is 0 Å². The third-order valence-electron chi connectivity index (χ3n) is 4.62. The topological polar surface area (TPSA) is 73.9 Å². The first-order valence-electron chi connectivity index (χ1n) is 8.77. The van der Waals surface area contributed by atoms with Gasteiger partial charge in [-0.15, -0.1) is 0 Å². The van der Waals surface area contributed by atoms with Crippen LogP contribution in [0.1, 0.15) is 12.8 Å². The molecule has 10 heteroatoms. The smallest absolute Gasteiger partial charge is 0.320 e. The fourth-order valence-electron chi connectivity index (χ4n) is 3.16. The molecule has 27 heavy (non-hydrogen) atoms. The first-order chi connectivity index (χ1) is 12.9. The van der Waals surface area contributed by atoms with Crippen molar-refractivity contribution in [2.75, 3.05) is 44.7 Å². The van der Waals surface area contributed by atoms with E-state index in [1.807, 2.05) is 0 Å². The molecule has 2 saturated heterocycles. The molecule has 0 saturated carbocycles. The summed E-state index contributed by atoms with van der Waals surface area (Å²) in [5.74, 6) is -3.68. The molecule has 148 valence electrons. The van der Waals surface area contributed by atoms with Crippen LogP contribution in [-0.4, -0.2) is 67.3 Å². The number of morpholine rings is 1. The third-order valence-corrected chi connectivity index (χ3v) is 4.62. The molecular weight excluding hydrogens is 365 g/mol. The van der Waals surface area contributed by atoms with Crippen molar-refractivity contribution in [3.8, 4) is 0 Å². The summed E-state index contributed by atoms with van der Waals surface area (Å²) in [6, 6.07) is 0.0943. The Bertz CT molecular complexity index is 705. The van der Waals surface area contributed by atoms with Crippen LogP contribution < -0.4 is 10.6 Å². The van der Waals surface area contributed by atoms with Crippen molar-refractivity contribution >= 4 is 17.7 Å². The Labute approximate surface area is 154 Å². The molecule has 0 bridgehead atoms. The van der Waals surface area contributed by atoms with Gasteiger partial charge in [-0.25, -0.2) is 22.8 Å². The number of benzene rings is 1. The van der Waals surface area contributed by atoms with E-state index in [-0.39, 0.29) is 12.1 Å². The molecule has 0 aromatic heterocycles. The van der Waals surface area contributed by atoms with Crippen molar-refractivity contribution < 1.29 is 27.5 Å². The van der Waals surface area contributed by atoms with Gasteiger partial charge < -0.3 is 25.2 Å². The quantitative estimate of drug-likeness (QED) is 0.765. The van der Waals surface area contributed by atoms with Gasteiger partial charge in [0.05, 0.1) is 18.9 Å². The molecule has 7 nitrogen and oxygen atoms in total. The largest absolute Gasteiger partial charge is 0.378 e.